The van der Waals surface area contributed by atoms with E-state index in [0.717, 1.165) is 16.6 Å². The molecule has 2 aromatic heterocycles. The second-order valence-electron chi connectivity index (χ2n) is 4.33. The van der Waals surface area contributed by atoms with Crippen LogP contribution in [0.3, 0.4) is 0 Å². The van der Waals surface area contributed by atoms with E-state index in [2.05, 4.69) is 9.97 Å². The van der Waals surface area contributed by atoms with Crippen LogP contribution in [0, 0.1) is 0 Å². The molecule has 19 heavy (non-hydrogen) atoms. The number of anilines is 1. The first-order chi connectivity index (χ1) is 9.31. The maximum atomic E-state index is 5.74. The number of aromatic nitrogens is 3. The monoisotopic (exact) mass is 250 g/mol. The molecule has 0 unspecified atom stereocenters. The first-order valence-electron chi connectivity index (χ1n) is 5.90. The number of nitrogens with two attached hydrogens (primary N) is 1. The number of benzene rings is 2. The van der Waals surface area contributed by atoms with Crippen LogP contribution in [0.25, 0.3) is 28.1 Å². The minimum absolute atomic E-state index is 0.495. The Kier molecular flexibility index (Phi) is 1.91. The summed E-state index contributed by atoms with van der Waals surface area (Å²) in [5.74, 6) is 0. The molecular weight excluding hydrogens is 240 g/mol. The third-order valence-electron chi connectivity index (χ3n) is 3.06. The molecule has 4 aromatic rings. The Morgan fingerprint density at radius 2 is 1.95 bits per heavy atom. The predicted molar refractivity (Wildman–Crippen MR) is 73.0 cm³/mol. The van der Waals surface area contributed by atoms with Gasteiger partial charge in [-0.25, -0.2) is 4.98 Å². The number of fused-ring (bicyclic) bond motifs is 2. The fraction of sp³-hybridized carbons (Fsp3) is 0. The van der Waals surface area contributed by atoms with E-state index < -0.39 is 0 Å². The summed E-state index contributed by atoms with van der Waals surface area (Å²) in [7, 11) is 0. The zero-order valence-electron chi connectivity index (χ0n) is 9.95. The standard InChI is InChI=1S/C14H10N4O/c15-9-5-6-13-11(7-9)17-14(19-13)18-8-16-10-3-1-2-4-12(10)18/h1-8H,15H2. The van der Waals surface area contributed by atoms with Gasteiger partial charge in [0.05, 0.1) is 11.0 Å². The summed E-state index contributed by atoms with van der Waals surface area (Å²) in [6, 6.07) is 13.7. The number of hydrogen-bond donors (Lipinski definition) is 1. The van der Waals surface area contributed by atoms with Gasteiger partial charge >= 0.3 is 6.01 Å². The second-order valence-corrected chi connectivity index (χ2v) is 4.33. The average Bonchev–Trinajstić information content (AvgIpc) is 3.00. The van der Waals surface area contributed by atoms with E-state index in [-0.39, 0.29) is 0 Å². The third kappa shape index (κ3) is 1.48. The summed E-state index contributed by atoms with van der Waals surface area (Å²) in [6.45, 7) is 0. The zero-order valence-corrected chi connectivity index (χ0v) is 9.95. The lowest BCUT2D eigenvalue weighted by molar-refractivity contribution is 0.569. The van der Waals surface area contributed by atoms with E-state index in [1.165, 1.54) is 0 Å². The number of nitrogen functional groups attached to an aromatic ring is 1. The highest BCUT2D eigenvalue weighted by atomic mass is 16.4. The molecule has 0 spiro atoms. The van der Waals surface area contributed by atoms with Gasteiger partial charge in [0, 0.05) is 5.69 Å². The fourth-order valence-electron chi connectivity index (χ4n) is 2.15. The van der Waals surface area contributed by atoms with Crippen LogP contribution in [0.2, 0.25) is 0 Å². The normalized spacial score (nSPS) is 11.4. The number of nitrogens with zero attached hydrogens (tertiary/aromatic N) is 3. The van der Waals surface area contributed by atoms with Crippen LogP contribution >= 0.6 is 0 Å². The SMILES string of the molecule is Nc1ccc2oc(-n3cnc4ccccc43)nc2c1. The van der Waals surface area contributed by atoms with Crippen molar-refractivity contribution in [1.82, 2.24) is 14.5 Å². The van der Waals surface area contributed by atoms with Gasteiger partial charge in [-0.1, -0.05) is 12.1 Å². The Labute approximate surface area is 108 Å². The minimum atomic E-state index is 0.495. The van der Waals surface area contributed by atoms with Crippen molar-refractivity contribution in [2.75, 3.05) is 5.73 Å². The van der Waals surface area contributed by atoms with E-state index in [9.17, 15) is 0 Å². The Morgan fingerprint density at radius 3 is 2.89 bits per heavy atom. The first-order valence-corrected chi connectivity index (χ1v) is 5.90. The molecule has 0 atom stereocenters. The van der Waals surface area contributed by atoms with E-state index >= 15 is 0 Å². The molecule has 0 amide bonds. The minimum Gasteiger partial charge on any atom is -0.423 e. The van der Waals surface area contributed by atoms with Crippen LogP contribution < -0.4 is 5.73 Å². The van der Waals surface area contributed by atoms with Gasteiger partial charge in [-0.2, -0.15) is 4.98 Å². The van der Waals surface area contributed by atoms with Crippen molar-refractivity contribution >= 4 is 27.8 Å². The van der Waals surface area contributed by atoms with E-state index in [0.29, 0.717) is 17.3 Å². The van der Waals surface area contributed by atoms with Gasteiger partial charge in [0.1, 0.15) is 11.8 Å². The number of rotatable bonds is 1. The molecule has 2 N–H and O–H groups in total. The van der Waals surface area contributed by atoms with Gasteiger partial charge in [0.25, 0.3) is 0 Å². The highest BCUT2D eigenvalue weighted by Gasteiger charge is 2.10. The maximum Gasteiger partial charge on any atom is 0.308 e. The van der Waals surface area contributed by atoms with Crippen LogP contribution in [0.15, 0.2) is 53.2 Å². The first kappa shape index (κ1) is 10.1. The summed E-state index contributed by atoms with van der Waals surface area (Å²) < 4.78 is 7.56. The summed E-state index contributed by atoms with van der Waals surface area (Å²) in [6.07, 6.45) is 1.71. The molecule has 0 saturated heterocycles. The van der Waals surface area contributed by atoms with Crippen LogP contribution in [0.4, 0.5) is 5.69 Å². The molecule has 0 radical (unpaired) electrons. The van der Waals surface area contributed by atoms with Crippen molar-refractivity contribution < 1.29 is 4.42 Å². The maximum absolute atomic E-state index is 5.74. The van der Waals surface area contributed by atoms with Crippen LogP contribution in [-0.2, 0) is 0 Å². The van der Waals surface area contributed by atoms with E-state index in [1.807, 2.05) is 34.9 Å². The van der Waals surface area contributed by atoms with Crippen molar-refractivity contribution in [1.29, 1.82) is 0 Å². The Morgan fingerprint density at radius 1 is 1.05 bits per heavy atom. The number of oxazole rings is 1. The van der Waals surface area contributed by atoms with Gasteiger partial charge in [0.15, 0.2) is 5.58 Å². The molecule has 4 rings (SSSR count). The molecule has 0 saturated carbocycles. The molecule has 0 aliphatic heterocycles. The second kappa shape index (κ2) is 3.58. The average molecular weight is 250 g/mol. The number of para-hydroxylation sites is 2. The van der Waals surface area contributed by atoms with Gasteiger partial charge in [0.2, 0.25) is 0 Å². The predicted octanol–water partition coefficient (Wildman–Crippen LogP) is 2.75. The Bertz CT molecular complexity index is 891. The lowest BCUT2D eigenvalue weighted by Gasteiger charge is -1.96. The highest BCUT2D eigenvalue weighted by molar-refractivity contribution is 5.79. The molecule has 92 valence electrons. The van der Waals surface area contributed by atoms with Gasteiger partial charge in [-0.3, -0.25) is 4.57 Å². The van der Waals surface area contributed by atoms with Crippen LogP contribution in [-0.4, -0.2) is 14.5 Å². The molecule has 0 aliphatic carbocycles. The van der Waals surface area contributed by atoms with Crippen molar-refractivity contribution in [2.45, 2.75) is 0 Å². The molecule has 5 nitrogen and oxygen atoms in total. The molecule has 2 heterocycles. The van der Waals surface area contributed by atoms with Crippen molar-refractivity contribution in [3.05, 3.63) is 48.8 Å². The lowest BCUT2D eigenvalue weighted by atomic mass is 10.3. The largest absolute Gasteiger partial charge is 0.423 e. The summed E-state index contributed by atoms with van der Waals surface area (Å²) >= 11 is 0. The summed E-state index contributed by atoms with van der Waals surface area (Å²) in [4.78, 5) is 8.76. The molecule has 0 aliphatic rings. The van der Waals surface area contributed by atoms with E-state index in [4.69, 9.17) is 10.2 Å². The Hall–Kier alpha value is -2.82. The summed E-state index contributed by atoms with van der Waals surface area (Å²) in [5, 5.41) is 0. The topological polar surface area (TPSA) is 69.9 Å². The van der Waals surface area contributed by atoms with Gasteiger partial charge in [-0.15, -0.1) is 0 Å². The zero-order chi connectivity index (χ0) is 12.8. The quantitative estimate of drug-likeness (QED) is 0.527. The fourth-order valence-corrected chi connectivity index (χ4v) is 2.15. The number of imidazole rings is 1. The highest BCUT2D eigenvalue weighted by Crippen LogP contribution is 2.23. The molecular formula is C14H10N4O. The van der Waals surface area contributed by atoms with Crippen LogP contribution in [0.1, 0.15) is 0 Å². The van der Waals surface area contributed by atoms with Gasteiger partial charge < -0.3 is 10.2 Å². The van der Waals surface area contributed by atoms with E-state index in [1.54, 1.807) is 18.5 Å². The smallest absolute Gasteiger partial charge is 0.308 e. The van der Waals surface area contributed by atoms with Gasteiger partial charge in [-0.05, 0) is 30.3 Å². The molecule has 0 bridgehead atoms. The molecule has 2 aromatic carbocycles. The lowest BCUT2D eigenvalue weighted by Crippen LogP contribution is -1.91. The van der Waals surface area contributed by atoms with Crippen molar-refractivity contribution in [3.8, 4) is 6.01 Å². The third-order valence-corrected chi connectivity index (χ3v) is 3.06. The molecule has 0 fully saturated rings. The summed E-state index contributed by atoms with van der Waals surface area (Å²) in [5.41, 5.74) is 9.73. The van der Waals surface area contributed by atoms with Crippen molar-refractivity contribution in [2.24, 2.45) is 0 Å². The van der Waals surface area contributed by atoms with Crippen LogP contribution in [0.5, 0.6) is 0 Å². The number of hydrogen-bond acceptors (Lipinski definition) is 4. The Balaban J connectivity index is 1.99. The molecule has 5 heteroatoms. The van der Waals surface area contributed by atoms with Crippen molar-refractivity contribution in [3.63, 3.8) is 0 Å².